The fraction of sp³-hybridized carbons (Fsp3) is 0.0588. The van der Waals surface area contributed by atoms with Crippen molar-refractivity contribution in [1.29, 1.82) is 0 Å². The van der Waals surface area contributed by atoms with Gasteiger partial charge in [-0.25, -0.2) is 0 Å². The molecule has 0 atom stereocenters. The Morgan fingerprint density at radius 1 is 1.17 bits per heavy atom. The molecule has 0 saturated heterocycles. The molecule has 0 bridgehead atoms. The normalized spacial score (nSPS) is 10.8. The third-order valence-electron chi connectivity index (χ3n) is 3.65. The number of nitrogens with one attached hydrogen (secondary N) is 2. The maximum Gasteiger partial charge on any atom is 0.316 e. The number of hydrogen-bond donors (Lipinski definition) is 2. The molecule has 0 unspecified atom stereocenters. The summed E-state index contributed by atoms with van der Waals surface area (Å²) in [4.78, 5) is 23.4. The average molecular weight is 319 g/mol. The number of hydrogen-bond acceptors (Lipinski definition) is 5. The first-order valence-electron chi connectivity index (χ1n) is 7.38. The van der Waals surface area contributed by atoms with Crippen molar-refractivity contribution in [1.82, 2.24) is 25.4 Å². The Labute approximate surface area is 136 Å². The van der Waals surface area contributed by atoms with E-state index in [0.29, 0.717) is 12.4 Å². The summed E-state index contributed by atoms with van der Waals surface area (Å²) in [6, 6.07) is 11.4. The molecular weight excluding hydrogens is 306 g/mol. The van der Waals surface area contributed by atoms with Crippen molar-refractivity contribution in [2.24, 2.45) is 0 Å². The highest BCUT2D eigenvalue weighted by Gasteiger charge is 2.17. The number of H-pyrrole nitrogens is 1. The van der Waals surface area contributed by atoms with Crippen molar-refractivity contribution >= 4 is 16.8 Å². The topological polar surface area (TPSA) is 96.7 Å². The monoisotopic (exact) mass is 319 g/mol. The number of aromatic nitrogens is 4. The zero-order valence-electron chi connectivity index (χ0n) is 12.6. The fourth-order valence-corrected chi connectivity index (χ4v) is 2.44. The molecule has 0 saturated carbocycles. The van der Waals surface area contributed by atoms with Gasteiger partial charge in [0.05, 0.1) is 0 Å². The Kier molecular flexibility index (Phi) is 3.51. The molecule has 3 aromatic heterocycles. The Bertz CT molecular complexity index is 990. The quantitative estimate of drug-likeness (QED) is 0.602. The van der Waals surface area contributed by atoms with Crippen LogP contribution in [0.15, 0.2) is 59.5 Å². The molecule has 0 aliphatic carbocycles. The molecular formula is C17H13N5O2. The Balaban J connectivity index is 1.53. The zero-order chi connectivity index (χ0) is 16.4. The lowest BCUT2D eigenvalue weighted by molar-refractivity contribution is 0.0907. The van der Waals surface area contributed by atoms with Gasteiger partial charge < -0.3 is 14.8 Å². The molecule has 0 aliphatic rings. The highest BCUT2D eigenvalue weighted by molar-refractivity contribution is 5.94. The van der Waals surface area contributed by atoms with Gasteiger partial charge in [-0.2, -0.15) is 4.98 Å². The van der Waals surface area contributed by atoms with Crippen molar-refractivity contribution in [2.75, 3.05) is 0 Å². The lowest BCUT2D eigenvalue weighted by Gasteiger charge is -2.01. The SMILES string of the molecule is O=C(NCc1ccncc1)c1nc(-c2c[nH]c3ccccc23)no1. The van der Waals surface area contributed by atoms with Gasteiger partial charge in [0, 0.05) is 41.6 Å². The second-order valence-electron chi connectivity index (χ2n) is 5.21. The summed E-state index contributed by atoms with van der Waals surface area (Å²) in [5, 5.41) is 7.62. The van der Waals surface area contributed by atoms with Crippen LogP contribution in [-0.4, -0.2) is 26.0 Å². The lowest BCUT2D eigenvalue weighted by Crippen LogP contribution is -2.23. The number of carbonyl (C=O) groups is 1. The second-order valence-corrected chi connectivity index (χ2v) is 5.21. The minimum absolute atomic E-state index is 0.0654. The molecule has 3 heterocycles. The molecule has 1 aromatic carbocycles. The summed E-state index contributed by atoms with van der Waals surface area (Å²) < 4.78 is 5.09. The number of para-hydroxylation sites is 1. The van der Waals surface area contributed by atoms with E-state index in [9.17, 15) is 4.79 Å². The van der Waals surface area contributed by atoms with Gasteiger partial charge in [0.1, 0.15) is 0 Å². The Morgan fingerprint density at radius 3 is 2.88 bits per heavy atom. The van der Waals surface area contributed by atoms with Gasteiger partial charge >= 0.3 is 11.8 Å². The van der Waals surface area contributed by atoms with Crippen LogP contribution >= 0.6 is 0 Å². The predicted molar refractivity (Wildman–Crippen MR) is 87.0 cm³/mol. The first kappa shape index (κ1) is 14.1. The molecule has 4 rings (SSSR count). The number of carbonyl (C=O) groups excluding carboxylic acids is 1. The maximum absolute atomic E-state index is 12.1. The molecule has 0 aliphatic heterocycles. The summed E-state index contributed by atoms with van der Waals surface area (Å²) >= 11 is 0. The predicted octanol–water partition coefficient (Wildman–Crippen LogP) is 2.54. The fourth-order valence-electron chi connectivity index (χ4n) is 2.44. The summed E-state index contributed by atoms with van der Waals surface area (Å²) in [6.45, 7) is 0.367. The maximum atomic E-state index is 12.1. The molecule has 7 nitrogen and oxygen atoms in total. The van der Waals surface area contributed by atoms with Gasteiger partial charge in [-0.1, -0.05) is 23.4 Å². The summed E-state index contributed by atoms with van der Waals surface area (Å²) in [6.07, 6.45) is 5.14. The number of fused-ring (bicyclic) bond motifs is 1. The Hall–Kier alpha value is -3.48. The van der Waals surface area contributed by atoms with Gasteiger partial charge in [-0.3, -0.25) is 9.78 Å². The van der Waals surface area contributed by atoms with E-state index in [1.165, 1.54) is 0 Å². The molecule has 24 heavy (non-hydrogen) atoms. The van der Waals surface area contributed by atoms with Crippen molar-refractivity contribution < 1.29 is 9.32 Å². The van der Waals surface area contributed by atoms with Gasteiger partial charge in [0.2, 0.25) is 5.82 Å². The highest BCUT2D eigenvalue weighted by Crippen LogP contribution is 2.26. The molecule has 118 valence electrons. The summed E-state index contributed by atoms with van der Waals surface area (Å²) in [7, 11) is 0. The van der Waals surface area contributed by atoms with E-state index < -0.39 is 5.91 Å². The van der Waals surface area contributed by atoms with Crippen LogP contribution in [0.2, 0.25) is 0 Å². The summed E-state index contributed by atoms with van der Waals surface area (Å²) in [5.41, 5.74) is 2.71. The van der Waals surface area contributed by atoms with E-state index in [2.05, 4.69) is 25.4 Å². The van der Waals surface area contributed by atoms with Gasteiger partial charge in [-0.15, -0.1) is 0 Å². The number of pyridine rings is 1. The average Bonchev–Trinajstić information content (AvgIpc) is 3.27. The number of rotatable bonds is 4. The van der Waals surface area contributed by atoms with Gasteiger partial charge in [-0.05, 0) is 23.8 Å². The summed E-state index contributed by atoms with van der Waals surface area (Å²) in [5.74, 6) is -0.101. The van der Waals surface area contributed by atoms with Crippen molar-refractivity contribution in [3.8, 4) is 11.4 Å². The zero-order valence-corrected chi connectivity index (χ0v) is 12.6. The van der Waals surface area contributed by atoms with E-state index in [0.717, 1.165) is 22.0 Å². The largest absolute Gasteiger partial charge is 0.360 e. The van der Waals surface area contributed by atoms with Crippen LogP contribution in [0.4, 0.5) is 0 Å². The third-order valence-corrected chi connectivity index (χ3v) is 3.65. The van der Waals surface area contributed by atoms with E-state index in [-0.39, 0.29) is 5.89 Å². The molecule has 0 spiro atoms. The van der Waals surface area contributed by atoms with Crippen LogP contribution in [0.5, 0.6) is 0 Å². The van der Waals surface area contributed by atoms with Crippen LogP contribution in [0.25, 0.3) is 22.3 Å². The van der Waals surface area contributed by atoms with E-state index in [1.54, 1.807) is 18.6 Å². The first-order chi connectivity index (χ1) is 11.8. The van der Waals surface area contributed by atoms with Crippen molar-refractivity contribution in [3.05, 3.63) is 66.4 Å². The van der Waals surface area contributed by atoms with Crippen LogP contribution in [0.1, 0.15) is 16.2 Å². The standard InChI is InChI=1S/C17H13N5O2/c23-16(20-9-11-5-7-18-8-6-11)17-21-15(22-24-17)13-10-19-14-4-2-1-3-12(13)14/h1-8,10,19H,9H2,(H,20,23). The van der Waals surface area contributed by atoms with Crippen LogP contribution in [-0.2, 0) is 6.54 Å². The van der Waals surface area contributed by atoms with Crippen molar-refractivity contribution in [3.63, 3.8) is 0 Å². The smallest absolute Gasteiger partial charge is 0.316 e. The molecule has 0 fully saturated rings. The number of aromatic amines is 1. The Morgan fingerprint density at radius 2 is 2.00 bits per heavy atom. The van der Waals surface area contributed by atoms with E-state index in [4.69, 9.17) is 4.52 Å². The lowest BCUT2D eigenvalue weighted by atomic mass is 10.2. The third kappa shape index (κ3) is 2.63. The minimum atomic E-state index is -0.412. The van der Waals surface area contributed by atoms with Crippen LogP contribution < -0.4 is 5.32 Å². The highest BCUT2D eigenvalue weighted by atomic mass is 16.5. The molecule has 2 N–H and O–H groups in total. The number of nitrogens with zero attached hydrogens (tertiary/aromatic N) is 3. The molecule has 4 aromatic rings. The second kappa shape index (κ2) is 5.96. The van der Waals surface area contributed by atoms with Crippen LogP contribution in [0.3, 0.4) is 0 Å². The first-order valence-corrected chi connectivity index (χ1v) is 7.38. The molecule has 0 radical (unpaired) electrons. The van der Waals surface area contributed by atoms with Gasteiger partial charge in [0.15, 0.2) is 0 Å². The van der Waals surface area contributed by atoms with E-state index in [1.807, 2.05) is 36.4 Å². The van der Waals surface area contributed by atoms with E-state index >= 15 is 0 Å². The molecule has 7 heteroatoms. The van der Waals surface area contributed by atoms with Gasteiger partial charge in [0.25, 0.3) is 0 Å². The number of amides is 1. The van der Waals surface area contributed by atoms with Crippen LogP contribution in [0, 0.1) is 0 Å². The number of benzene rings is 1. The molecule has 1 amide bonds. The van der Waals surface area contributed by atoms with Crippen molar-refractivity contribution in [2.45, 2.75) is 6.54 Å². The minimum Gasteiger partial charge on any atom is -0.360 e.